The van der Waals surface area contributed by atoms with Gasteiger partial charge in [0.15, 0.2) is 0 Å². The SMILES string of the molecule is COc1ccc(N2C[C@H](CNS(=O)(=O)c3cccc(F)c3)CC2=O)cc1. The van der Waals surface area contributed by atoms with Crippen molar-refractivity contribution >= 4 is 21.6 Å². The van der Waals surface area contributed by atoms with E-state index in [-0.39, 0.29) is 29.7 Å². The van der Waals surface area contributed by atoms with Crippen molar-refractivity contribution in [3.05, 3.63) is 54.3 Å². The van der Waals surface area contributed by atoms with E-state index in [2.05, 4.69) is 4.72 Å². The zero-order chi connectivity index (χ0) is 18.7. The highest BCUT2D eigenvalue weighted by Crippen LogP contribution is 2.26. The first kappa shape index (κ1) is 18.3. The van der Waals surface area contributed by atoms with E-state index in [1.807, 2.05) is 0 Å². The molecular weight excluding hydrogens is 359 g/mol. The second-order valence-corrected chi connectivity index (χ2v) is 7.85. The number of carbonyl (C=O) groups excluding carboxylic acids is 1. The number of nitrogens with one attached hydrogen (secondary N) is 1. The van der Waals surface area contributed by atoms with Crippen LogP contribution in [0.25, 0.3) is 0 Å². The van der Waals surface area contributed by atoms with Gasteiger partial charge < -0.3 is 9.64 Å². The number of ether oxygens (including phenoxy) is 1. The number of rotatable bonds is 6. The number of anilines is 1. The van der Waals surface area contributed by atoms with Crippen LogP contribution in [0.5, 0.6) is 5.75 Å². The standard InChI is InChI=1S/C18H19FN2O4S/c1-25-16-7-5-15(6-8-16)21-12-13(9-18(21)22)11-20-26(23,24)17-4-2-3-14(19)10-17/h2-8,10,13,20H,9,11-12H2,1H3/t13-/m0/s1. The van der Waals surface area contributed by atoms with Gasteiger partial charge in [-0.15, -0.1) is 0 Å². The minimum atomic E-state index is -3.82. The smallest absolute Gasteiger partial charge is 0.240 e. The molecule has 0 spiro atoms. The molecule has 26 heavy (non-hydrogen) atoms. The second-order valence-electron chi connectivity index (χ2n) is 6.08. The van der Waals surface area contributed by atoms with Crippen molar-refractivity contribution in [1.82, 2.24) is 4.72 Å². The molecule has 8 heteroatoms. The summed E-state index contributed by atoms with van der Waals surface area (Å²) in [5.41, 5.74) is 0.742. The lowest BCUT2D eigenvalue weighted by Gasteiger charge is -2.17. The van der Waals surface area contributed by atoms with Crippen LogP contribution in [0.4, 0.5) is 10.1 Å². The van der Waals surface area contributed by atoms with Crippen molar-refractivity contribution in [3.8, 4) is 5.75 Å². The van der Waals surface area contributed by atoms with Crippen LogP contribution in [0.3, 0.4) is 0 Å². The molecule has 1 atom stereocenters. The second kappa shape index (κ2) is 7.43. The lowest BCUT2D eigenvalue weighted by Crippen LogP contribution is -2.31. The quantitative estimate of drug-likeness (QED) is 0.836. The van der Waals surface area contributed by atoms with Gasteiger partial charge in [-0.3, -0.25) is 4.79 Å². The number of carbonyl (C=O) groups is 1. The van der Waals surface area contributed by atoms with Gasteiger partial charge in [0, 0.05) is 25.2 Å². The highest BCUT2D eigenvalue weighted by atomic mass is 32.2. The van der Waals surface area contributed by atoms with Gasteiger partial charge >= 0.3 is 0 Å². The third-order valence-corrected chi connectivity index (χ3v) is 5.68. The molecule has 2 aromatic rings. The van der Waals surface area contributed by atoms with E-state index in [1.165, 1.54) is 18.2 Å². The van der Waals surface area contributed by atoms with Gasteiger partial charge in [-0.2, -0.15) is 0 Å². The number of halogens is 1. The van der Waals surface area contributed by atoms with E-state index < -0.39 is 15.8 Å². The Morgan fingerprint density at radius 2 is 1.96 bits per heavy atom. The first-order valence-electron chi connectivity index (χ1n) is 8.09. The maximum atomic E-state index is 13.2. The molecule has 1 N–H and O–H groups in total. The van der Waals surface area contributed by atoms with Crippen LogP contribution in [0.2, 0.25) is 0 Å². The molecule has 0 radical (unpaired) electrons. The predicted octanol–water partition coefficient (Wildman–Crippen LogP) is 2.17. The number of benzene rings is 2. The van der Waals surface area contributed by atoms with Crippen molar-refractivity contribution in [2.24, 2.45) is 5.92 Å². The van der Waals surface area contributed by atoms with Gasteiger partial charge in [0.2, 0.25) is 15.9 Å². The Bertz CT molecular complexity index is 900. The molecule has 0 unspecified atom stereocenters. The Morgan fingerprint density at radius 3 is 2.62 bits per heavy atom. The maximum absolute atomic E-state index is 13.2. The average molecular weight is 378 g/mol. The lowest BCUT2D eigenvalue weighted by molar-refractivity contribution is -0.117. The lowest BCUT2D eigenvalue weighted by atomic mass is 10.1. The first-order chi connectivity index (χ1) is 12.4. The van der Waals surface area contributed by atoms with Crippen molar-refractivity contribution in [2.45, 2.75) is 11.3 Å². The molecule has 1 fully saturated rings. The number of methoxy groups -OCH3 is 1. The molecule has 0 aliphatic carbocycles. The fraction of sp³-hybridized carbons (Fsp3) is 0.278. The van der Waals surface area contributed by atoms with Crippen LogP contribution in [0, 0.1) is 11.7 Å². The molecule has 0 aromatic heterocycles. The van der Waals surface area contributed by atoms with Gasteiger partial charge in [0.25, 0.3) is 0 Å². The molecule has 1 saturated heterocycles. The van der Waals surface area contributed by atoms with E-state index >= 15 is 0 Å². The molecule has 0 bridgehead atoms. The van der Waals surface area contributed by atoms with Crippen molar-refractivity contribution in [1.29, 1.82) is 0 Å². The van der Waals surface area contributed by atoms with Gasteiger partial charge in [0.1, 0.15) is 11.6 Å². The predicted molar refractivity (Wildman–Crippen MR) is 95.0 cm³/mol. The van der Waals surface area contributed by atoms with Crippen molar-refractivity contribution < 1.29 is 22.3 Å². The van der Waals surface area contributed by atoms with E-state index in [0.29, 0.717) is 12.3 Å². The summed E-state index contributed by atoms with van der Waals surface area (Å²) in [5, 5.41) is 0. The summed E-state index contributed by atoms with van der Waals surface area (Å²) in [6.45, 7) is 0.522. The summed E-state index contributed by atoms with van der Waals surface area (Å²) in [6.07, 6.45) is 0.248. The Labute approximate surface area is 151 Å². The Kier molecular flexibility index (Phi) is 5.24. The van der Waals surface area contributed by atoms with Crippen LogP contribution in [-0.4, -0.2) is 34.5 Å². The van der Waals surface area contributed by atoms with E-state index in [1.54, 1.807) is 36.3 Å². The van der Waals surface area contributed by atoms with E-state index in [4.69, 9.17) is 4.74 Å². The summed E-state index contributed by atoms with van der Waals surface area (Å²) >= 11 is 0. The minimum absolute atomic E-state index is 0.0647. The molecule has 138 valence electrons. The molecule has 3 rings (SSSR count). The summed E-state index contributed by atoms with van der Waals surface area (Å²) in [6, 6.07) is 11.9. The van der Waals surface area contributed by atoms with Crippen LogP contribution in [0.1, 0.15) is 6.42 Å². The van der Waals surface area contributed by atoms with Crippen LogP contribution in [0.15, 0.2) is 53.4 Å². The Hall–Kier alpha value is -2.45. The number of nitrogens with zero attached hydrogens (tertiary/aromatic N) is 1. The summed E-state index contributed by atoms with van der Waals surface area (Å²) in [7, 11) is -2.25. The third-order valence-electron chi connectivity index (χ3n) is 4.26. The minimum Gasteiger partial charge on any atom is -0.497 e. The summed E-state index contributed by atoms with van der Waals surface area (Å²) in [4.78, 5) is 13.7. The molecule has 1 aliphatic heterocycles. The average Bonchev–Trinajstić information content (AvgIpc) is 3.01. The highest BCUT2D eigenvalue weighted by Gasteiger charge is 2.31. The van der Waals surface area contributed by atoms with Crippen LogP contribution < -0.4 is 14.4 Å². The molecular formula is C18H19FN2O4S. The van der Waals surface area contributed by atoms with Crippen molar-refractivity contribution in [2.75, 3.05) is 25.1 Å². The first-order valence-corrected chi connectivity index (χ1v) is 9.57. The van der Waals surface area contributed by atoms with Crippen LogP contribution in [-0.2, 0) is 14.8 Å². The Balaban J connectivity index is 1.64. The monoisotopic (exact) mass is 378 g/mol. The number of amides is 1. The van der Waals surface area contributed by atoms with Crippen molar-refractivity contribution in [3.63, 3.8) is 0 Å². The van der Waals surface area contributed by atoms with Gasteiger partial charge in [-0.25, -0.2) is 17.5 Å². The number of hydrogen-bond acceptors (Lipinski definition) is 4. The highest BCUT2D eigenvalue weighted by molar-refractivity contribution is 7.89. The number of hydrogen-bond donors (Lipinski definition) is 1. The summed E-state index contributed by atoms with van der Waals surface area (Å²) in [5.74, 6) is -0.146. The van der Waals surface area contributed by atoms with Gasteiger partial charge in [0.05, 0.1) is 12.0 Å². The molecule has 2 aromatic carbocycles. The molecule has 0 saturated carbocycles. The summed E-state index contributed by atoms with van der Waals surface area (Å²) < 4.78 is 45.3. The number of sulfonamides is 1. The molecule has 1 amide bonds. The topological polar surface area (TPSA) is 75.7 Å². The molecule has 1 aliphatic rings. The fourth-order valence-electron chi connectivity index (χ4n) is 2.88. The largest absolute Gasteiger partial charge is 0.497 e. The zero-order valence-corrected chi connectivity index (χ0v) is 15.0. The van der Waals surface area contributed by atoms with Crippen LogP contribution >= 0.6 is 0 Å². The maximum Gasteiger partial charge on any atom is 0.240 e. The Morgan fingerprint density at radius 1 is 1.23 bits per heavy atom. The third kappa shape index (κ3) is 4.03. The van der Waals surface area contributed by atoms with Gasteiger partial charge in [-0.05, 0) is 48.4 Å². The fourth-order valence-corrected chi connectivity index (χ4v) is 4.02. The van der Waals surface area contributed by atoms with Gasteiger partial charge in [-0.1, -0.05) is 6.07 Å². The molecule has 1 heterocycles. The molecule has 6 nitrogen and oxygen atoms in total. The van der Waals surface area contributed by atoms with E-state index in [0.717, 1.165) is 11.8 Å². The van der Waals surface area contributed by atoms with E-state index in [9.17, 15) is 17.6 Å². The normalized spacial score (nSPS) is 17.5. The zero-order valence-electron chi connectivity index (χ0n) is 14.2.